The maximum atomic E-state index is 9.53. The number of rotatable bonds is 11. The molecule has 0 heterocycles. The Morgan fingerprint density at radius 2 is 1.08 bits per heavy atom. The predicted octanol–water partition coefficient (Wildman–Crippen LogP) is 16.8. The molecule has 5 aliphatic carbocycles. The molecule has 0 aliphatic heterocycles. The standard InChI is InChI=1S/C12H24O.C11H22O.3C11H20.H2O/c1-9(2)7-11-5-6-12(13-4)10(3)8-11;1-8(2)6-10-4-5-11(12)9(3)7-10;3*1-9(2)7-11-6-4-5-10(3)8-11;/h9-12H,5-8H2,1-4H3;8-12H,4-7H2,1-3H3;8-9,11H,4-7H2,1-3H3;5,9,11H,4,6-8H2,1-3H3;9,11H,3-8H2,1-2H3;1H2. The largest absolute Gasteiger partial charge is 0.412 e. The van der Waals surface area contributed by atoms with Crippen LogP contribution in [0.2, 0.25) is 0 Å². The van der Waals surface area contributed by atoms with Gasteiger partial charge < -0.3 is 15.3 Å². The average molecular weight is 829 g/mol. The zero-order valence-electron chi connectivity index (χ0n) is 42.6. The molecule has 0 amide bonds. The lowest BCUT2D eigenvalue weighted by Crippen LogP contribution is -2.29. The maximum Gasteiger partial charge on any atom is 0.0597 e. The van der Waals surface area contributed by atoms with E-state index in [9.17, 15) is 5.11 Å². The lowest BCUT2D eigenvalue weighted by Gasteiger charge is -2.34. The Morgan fingerprint density at radius 1 is 0.593 bits per heavy atom. The van der Waals surface area contributed by atoms with Crippen molar-refractivity contribution in [3.05, 3.63) is 35.5 Å². The van der Waals surface area contributed by atoms with Crippen LogP contribution < -0.4 is 0 Å². The minimum atomic E-state index is -0.0200. The van der Waals surface area contributed by atoms with Gasteiger partial charge in [-0.25, -0.2) is 0 Å². The zero-order chi connectivity index (χ0) is 43.8. The zero-order valence-corrected chi connectivity index (χ0v) is 42.6. The van der Waals surface area contributed by atoms with Crippen molar-refractivity contribution in [2.75, 3.05) is 7.11 Å². The number of aliphatic hydroxyl groups excluding tert-OH is 1. The molecule has 9 atom stereocenters. The Balaban J connectivity index is 0.000000711. The fourth-order valence-corrected chi connectivity index (χ4v) is 11.3. The van der Waals surface area contributed by atoms with Gasteiger partial charge in [0, 0.05) is 7.11 Å². The summed E-state index contributed by atoms with van der Waals surface area (Å²) in [5.41, 5.74) is 4.71. The minimum absolute atomic E-state index is 0. The molecule has 0 saturated heterocycles. The first-order valence-electron chi connectivity index (χ1n) is 25.5. The predicted molar refractivity (Wildman–Crippen MR) is 264 cm³/mol. The van der Waals surface area contributed by atoms with Gasteiger partial charge in [0.05, 0.1) is 12.2 Å². The van der Waals surface area contributed by atoms with E-state index in [4.69, 9.17) is 4.74 Å². The Hall–Kier alpha value is -0.900. The maximum absolute atomic E-state index is 9.53. The number of ether oxygens (including phenoxy) is 1. The number of hydrogen-bond donors (Lipinski definition) is 1. The van der Waals surface area contributed by atoms with Crippen molar-refractivity contribution in [2.45, 2.75) is 244 Å². The normalized spacial score (nSPS) is 29.7. The number of allylic oxidation sites excluding steroid dienone is 5. The summed E-state index contributed by atoms with van der Waals surface area (Å²) in [4.78, 5) is 0. The molecule has 3 nitrogen and oxygen atoms in total. The fourth-order valence-electron chi connectivity index (χ4n) is 11.3. The van der Waals surface area contributed by atoms with E-state index in [-0.39, 0.29) is 11.6 Å². The third kappa shape index (κ3) is 29.2. The lowest BCUT2D eigenvalue weighted by molar-refractivity contribution is 0.0123. The first-order chi connectivity index (χ1) is 27.3. The van der Waals surface area contributed by atoms with Gasteiger partial charge in [0.2, 0.25) is 0 Å². The second kappa shape index (κ2) is 32.7. The molecule has 350 valence electrons. The molecule has 59 heavy (non-hydrogen) atoms. The van der Waals surface area contributed by atoms with Gasteiger partial charge in [-0.1, -0.05) is 119 Å². The molecule has 0 spiro atoms. The van der Waals surface area contributed by atoms with Crippen molar-refractivity contribution < 1.29 is 15.3 Å². The Bertz CT molecular complexity index is 1090. The summed E-state index contributed by atoms with van der Waals surface area (Å²) in [6, 6.07) is 0. The van der Waals surface area contributed by atoms with E-state index in [0.29, 0.717) is 12.0 Å². The van der Waals surface area contributed by atoms with E-state index >= 15 is 0 Å². The second-order valence-corrected chi connectivity index (χ2v) is 22.9. The molecule has 3 saturated carbocycles. The molecular weight excluding hydrogens is 721 g/mol. The Kier molecular flexibility index (Phi) is 32.2. The van der Waals surface area contributed by atoms with Crippen molar-refractivity contribution in [3.8, 4) is 0 Å². The molecule has 3 fully saturated rings. The molecule has 0 aromatic rings. The van der Waals surface area contributed by atoms with Crippen molar-refractivity contribution in [3.63, 3.8) is 0 Å². The number of hydrogen-bond acceptors (Lipinski definition) is 2. The van der Waals surface area contributed by atoms with Gasteiger partial charge >= 0.3 is 0 Å². The van der Waals surface area contributed by atoms with Gasteiger partial charge in [-0.05, 0) is 220 Å². The van der Waals surface area contributed by atoms with Gasteiger partial charge in [0.15, 0.2) is 0 Å². The highest BCUT2D eigenvalue weighted by atomic mass is 16.5. The summed E-state index contributed by atoms with van der Waals surface area (Å²) in [6.45, 7) is 36.3. The third-order valence-electron chi connectivity index (χ3n) is 13.8. The molecule has 3 heteroatoms. The highest BCUT2D eigenvalue weighted by Crippen LogP contribution is 2.35. The van der Waals surface area contributed by atoms with Crippen LogP contribution in [0.4, 0.5) is 0 Å². The Labute approximate surface area is 371 Å². The summed E-state index contributed by atoms with van der Waals surface area (Å²) in [6.07, 6.45) is 33.6. The monoisotopic (exact) mass is 829 g/mol. The highest BCUT2D eigenvalue weighted by Gasteiger charge is 2.28. The molecule has 0 bridgehead atoms. The molecule has 0 aromatic carbocycles. The molecule has 5 rings (SSSR count). The van der Waals surface area contributed by atoms with Crippen LogP contribution in [0, 0.1) is 71.0 Å². The van der Waals surface area contributed by atoms with E-state index in [1.54, 1.807) is 11.1 Å². The molecular formula is C56H108O3. The van der Waals surface area contributed by atoms with Crippen LogP contribution in [0.1, 0.15) is 232 Å². The highest BCUT2D eigenvalue weighted by molar-refractivity contribution is 5.05. The summed E-state index contributed by atoms with van der Waals surface area (Å²) in [7, 11) is 1.85. The third-order valence-corrected chi connectivity index (χ3v) is 13.8. The van der Waals surface area contributed by atoms with Crippen LogP contribution in [-0.2, 0) is 4.74 Å². The van der Waals surface area contributed by atoms with E-state index in [1.807, 2.05) is 7.11 Å². The molecule has 9 unspecified atom stereocenters. The van der Waals surface area contributed by atoms with E-state index in [2.05, 4.69) is 116 Å². The summed E-state index contributed by atoms with van der Waals surface area (Å²) < 4.78 is 5.46. The second-order valence-electron chi connectivity index (χ2n) is 22.9. The smallest absolute Gasteiger partial charge is 0.0597 e. The van der Waals surface area contributed by atoms with Crippen molar-refractivity contribution in [1.29, 1.82) is 0 Å². The first kappa shape index (κ1) is 58.1. The molecule has 5 aliphatic rings. The molecule has 3 N–H and O–H groups in total. The number of aliphatic hydroxyl groups is 1. The van der Waals surface area contributed by atoms with E-state index in [1.165, 1.54) is 134 Å². The van der Waals surface area contributed by atoms with Crippen LogP contribution in [-0.4, -0.2) is 29.9 Å². The number of methoxy groups -OCH3 is 1. The molecule has 0 aromatic heterocycles. The van der Waals surface area contributed by atoms with Crippen LogP contribution in [0.15, 0.2) is 35.5 Å². The topological polar surface area (TPSA) is 61.0 Å². The lowest BCUT2D eigenvalue weighted by atomic mass is 9.77. The van der Waals surface area contributed by atoms with Crippen LogP contribution in [0.25, 0.3) is 0 Å². The van der Waals surface area contributed by atoms with Gasteiger partial charge in [0.25, 0.3) is 0 Å². The van der Waals surface area contributed by atoms with Crippen molar-refractivity contribution in [2.24, 2.45) is 71.0 Å². The van der Waals surface area contributed by atoms with Gasteiger partial charge in [-0.3, -0.25) is 0 Å². The van der Waals surface area contributed by atoms with Crippen LogP contribution >= 0.6 is 0 Å². The van der Waals surface area contributed by atoms with E-state index in [0.717, 1.165) is 71.5 Å². The SMILES string of the molecule is C=C1CCCC(CC(C)C)C1.CC(C)CC1CCC(O)C(C)C1.CC1=CC(CC(C)C)CCC1.CC1=CCCC(CC(C)C)C1.COC1CCC(CC(C)C)CC1C.O. The van der Waals surface area contributed by atoms with Crippen molar-refractivity contribution in [1.82, 2.24) is 0 Å². The summed E-state index contributed by atoms with van der Waals surface area (Å²) >= 11 is 0. The fraction of sp³-hybridized carbons (Fsp3) is 0.893. The van der Waals surface area contributed by atoms with Crippen LogP contribution in [0.3, 0.4) is 0 Å². The van der Waals surface area contributed by atoms with Crippen LogP contribution in [0.5, 0.6) is 0 Å². The van der Waals surface area contributed by atoms with E-state index < -0.39 is 0 Å². The molecule has 0 radical (unpaired) electrons. The van der Waals surface area contributed by atoms with Gasteiger partial charge in [-0.15, -0.1) is 0 Å². The summed E-state index contributed by atoms with van der Waals surface area (Å²) in [5, 5.41) is 9.53. The Morgan fingerprint density at radius 3 is 1.54 bits per heavy atom. The quantitative estimate of drug-likeness (QED) is 0.211. The minimum Gasteiger partial charge on any atom is -0.412 e. The van der Waals surface area contributed by atoms with Crippen molar-refractivity contribution >= 4 is 0 Å². The van der Waals surface area contributed by atoms with Gasteiger partial charge in [-0.2, -0.15) is 0 Å². The van der Waals surface area contributed by atoms with Gasteiger partial charge in [0.1, 0.15) is 0 Å². The first-order valence-corrected chi connectivity index (χ1v) is 25.5. The average Bonchev–Trinajstić information content (AvgIpc) is 3.10. The summed E-state index contributed by atoms with van der Waals surface area (Å²) in [5.74, 6) is 10.3.